The van der Waals surface area contributed by atoms with Gasteiger partial charge < -0.3 is 20.1 Å². The Morgan fingerprint density at radius 3 is 2.28 bits per heavy atom. The van der Waals surface area contributed by atoms with Gasteiger partial charge in [-0.15, -0.1) is 0 Å². The molecule has 4 nitrogen and oxygen atoms in total. The number of hydrogen-bond acceptors (Lipinski definition) is 4. The Morgan fingerprint density at radius 2 is 1.94 bits per heavy atom. The number of hydrogen-bond donors (Lipinski definition) is 1. The molecular weight excluding hydrogens is 228 g/mol. The summed E-state index contributed by atoms with van der Waals surface area (Å²) in [5.74, 6) is 0.878. The van der Waals surface area contributed by atoms with Crippen LogP contribution in [0.5, 0.6) is 5.75 Å². The number of nitrogens with two attached hydrogens (primary N) is 1. The molecule has 4 heteroatoms. The molecule has 0 spiro atoms. The first-order valence-corrected chi connectivity index (χ1v) is 6.21. The lowest BCUT2D eigenvalue weighted by atomic mass is 9.74. The lowest BCUT2D eigenvalue weighted by molar-refractivity contribution is -0.145. The Bertz CT molecular complexity index is 380. The van der Waals surface area contributed by atoms with Crippen molar-refractivity contribution in [1.82, 2.24) is 4.90 Å². The Hall–Kier alpha value is -1.10. The fourth-order valence-corrected chi connectivity index (χ4v) is 2.74. The van der Waals surface area contributed by atoms with Crippen LogP contribution in [0.4, 0.5) is 0 Å². The zero-order valence-corrected chi connectivity index (χ0v) is 11.3. The lowest BCUT2D eigenvalue weighted by Crippen LogP contribution is -2.55. The first-order chi connectivity index (χ1) is 8.63. The zero-order valence-electron chi connectivity index (χ0n) is 11.3. The molecule has 0 radical (unpaired) electrons. The smallest absolute Gasteiger partial charge is 0.118 e. The van der Waals surface area contributed by atoms with Crippen LogP contribution in [-0.2, 0) is 4.74 Å². The minimum atomic E-state index is 0.0398. The molecule has 1 saturated heterocycles. The van der Waals surface area contributed by atoms with Crippen LogP contribution in [0.2, 0.25) is 0 Å². The van der Waals surface area contributed by atoms with E-state index in [9.17, 15) is 0 Å². The molecule has 18 heavy (non-hydrogen) atoms. The van der Waals surface area contributed by atoms with E-state index in [0.29, 0.717) is 6.54 Å². The fourth-order valence-electron chi connectivity index (χ4n) is 2.74. The Balaban J connectivity index is 2.29. The molecule has 0 aliphatic carbocycles. The molecule has 0 saturated carbocycles. The van der Waals surface area contributed by atoms with Crippen molar-refractivity contribution in [2.45, 2.75) is 6.04 Å². The lowest BCUT2D eigenvalue weighted by Gasteiger charge is -2.49. The van der Waals surface area contributed by atoms with Crippen LogP contribution in [0, 0.1) is 5.41 Å². The number of benzene rings is 1. The molecule has 2 N–H and O–H groups in total. The van der Waals surface area contributed by atoms with E-state index in [0.717, 1.165) is 19.0 Å². The molecule has 0 amide bonds. The summed E-state index contributed by atoms with van der Waals surface area (Å²) >= 11 is 0. The summed E-state index contributed by atoms with van der Waals surface area (Å²) in [6, 6.07) is 8.49. The number of nitrogens with zero attached hydrogens (tertiary/aromatic N) is 1. The standard InChI is InChI=1S/C14H22N2O2/c1-16(2)13(14(8-15)9-18-10-14)11-4-6-12(17-3)7-5-11/h4-7,13H,8-10,15H2,1-3H3. The molecule has 2 rings (SSSR count). The van der Waals surface area contributed by atoms with E-state index < -0.39 is 0 Å². The van der Waals surface area contributed by atoms with Crippen LogP contribution in [0.25, 0.3) is 0 Å². The topological polar surface area (TPSA) is 47.7 Å². The van der Waals surface area contributed by atoms with E-state index in [1.54, 1.807) is 7.11 Å². The Labute approximate surface area is 109 Å². The maximum absolute atomic E-state index is 5.97. The van der Waals surface area contributed by atoms with Gasteiger partial charge >= 0.3 is 0 Å². The molecular formula is C14H22N2O2. The third-order valence-electron chi connectivity index (χ3n) is 3.71. The van der Waals surface area contributed by atoms with E-state index in [-0.39, 0.29) is 11.5 Å². The maximum atomic E-state index is 5.97. The molecule has 1 aliphatic heterocycles. The van der Waals surface area contributed by atoms with Crippen LogP contribution in [0.15, 0.2) is 24.3 Å². The number of rotatable bonds is 5. The molecule has 0 aromatic heterocycles. The summed E-state index contributed by atoms with van der Waals surface area (Å²) < 4.78 is 10.6. The van der Waals surface area contributed by atoms with Gasteiger partial charge in [-0.2, -0.15) is 0 Å². The van der Waals surface area contributed by atoms with Crippen molar-refractivity contribution in [3.05, 3.63) is 29.8 Å². The zero-order chi connectivity index (χ0) is 13.2. The number of methoxy groups -OCH3 is 1. The van der Waals surface area contributed by atoms with Gasteiger partial charge in [0.25, 0.3) is 0 Å². The average molecular weight is 250 g/mol. The van der Waals surface area contributed by atoms with E-state index in [4.69, 9.17) is 15.2 Å². The summed E-state index contributed by atoms with van der Waals surface area (Å²) in [7, 11) is 5.86. The molecule has 1 atom stereocenters. The van der Waals surface area contributed by atoms with E-state index in [1.165, 1.54) is 5.56 Å². The molecule has 1 aromatic carbocycles. The molecule has 1 unspecified atom stereocenters. The SMILES string of the molecule is COc1ccc(C(N(C)C)C2(CN)COC2)cc1. The normalized spacial score (nSPS) is 19.4. The third kappa shape index (κ3) is 2.23. The highest BCUT2D eigenvalue weighted by molar-refractivity contribution is 5.31. The van der Waals surface area contributed by atoms with Gasteiger partial charge in [-0.25, -0.2) is 0 Å². The Morgan fingerprint density at radius 1 is 1.33 bits per heavy atom. The molecule has 100 valence electrons. The van der Waals surface area contributed by atoms with E-state index in [1.807, 2.05) is 12.1 Å². The van der Waals surface area contributed by atoms with Crippen molar-refractivity contribution in [3.8, 4) is 5.75 Å². The minimum Gasteiger partial charge on any atom is -0.497 e. The quantitative estimate of drug-likeness (QED) is 0.855. The maximum Gasteiger partial charge on any atom is 0.118 e. The third-order valence-corrected chi connectivity index (χ3v) is 3.71. The van der Waals surface area contributed by atoms with Crippen LogP contribution in [-0.4, -0.2) is 45.9 Å². The predicted octanol–water partition coefficient (Wildman–Crippen LogP) is 1.27. The molecule has 1 fully saturated rings. The van der Waals surface area contributed by atoms with Gasteiger partial charge in [-0.1, -0.05) is 12.1 Å². The summed E-state index contributed by atoms with van der Waals surface area (Å²) in [5, 5.41) is 0. The summed E-state index contributed by atoms with van der Waals surface area (Å²) in [6.45, 7) is 2.11. The first-order valence-electron chi connectivity index (χ1n) is 6.21. The monoisotopic (exact) mass is 250 g/mol. The summed E-state index contributed by atoms with van der Waals surface area (Å²) in [5.41, 5.74) is 7.27. The van der Waals surface area contributed by atoms with Gasteiger partial charge in [-0.3, -0.25) is 0 Å². The summed E-state index contributed by atoms with van der Waals surface area (Å²) in [6.07, 6.45) is 0. The second kappa shape index (κ2) is 5.26. The minimum absolute atomic E-state index is 0.0398. The van der Waals surface area contributed by atoms with Gasteiger partial charge in [-0.05, 0) is 31.8 Å². The fraction of sp³-hybridized carbons (Fsp3) is 0.571. The molecule has 1 aliphatic rings. The van der Waals surface area contributed by atoms with E-state index in [2.05, 4.69) is 31.1 Å². The first kappa shape index (κ1) is 13.3. The largest absolute Gasteiger partial charge is 0.497 e. The van der Waals surface area contributed by atoms with Crippen molar-refractivity contribution in [2.75, 3.05) is 41.0 Å². The van der Waals surface area contributed by atoms with Crippen LogP contribution in [0.1, 0.15) is 11.6 Å². The van der Waals surface area contributed by atoms with E-state index >= 15 is 0 Å². The second-order valence-electron chi connectivity index (χ2n) is 5.20. The highest BCUT2D eigenvalue weighted by Crippen LogP contribution is 2.42. The van der Waals surface area contributed by atoms with Crippen molar-refractivity contribution < 1.29 is 9.47 Å². The van der Waals surface area contributed by atoms with Gasteiger partial charge in [0.05, 0.1) is 20.3 Å². The van der Waals surface area contributed by atoms with Gasteiger partial charge in [0.15, 0.2) is 0 Å². The van der Waals surface area contributed by atoms with Crippen molar-refractivity contribution in [3.63, 3.8) is 0 Å². The van der Waals surface area contributed by atoms with Crippen molar-refractivity contribution in [1.29, 1.82) is 0 Å². The van der Waals surface area contributed by atoms with Crippen molar-refractivity contribution >= 4 is 0 Å². The highest BCUT2D eigenvalue weighted by Gasteiger charge is 2.46. The van der Waals surface area contributed by atoms with Gasteiger partial charge in [0, 0.05) is 18.0 Å². The Kier molecular flexibility index (Phi) is 3.90. The average Bonchev–Trinajstić information content (AvgIpc) is 2.33. The number of ether oxygens (including phenoxy) is 2. The van der Waals surface area contributed by atoms with Crippen LogP contribution in [0.3, 0.4) is 0 Å². The second-order valence-corrected chi connectivity index (χ2v) is 5.20. The summed E-state index contributed by atoms with van der Waals surface area (Å²) in [4.78, 5) is 2.22. The van der Waals surface area contributed by atoms with Gasteiger partial charge in [0.1, 0.15) is 5.75 Å². The predicted molar refractivity (Wildman–Crippen MR) is 71.7 cm³/mol. The van der Waals surface area contributed by atoms with Crippen LogP contribution >= 0.6 is 0 Å². The highest BCUT2D eigenvalue weighted by atomic mass is 16.5. The molecule has 0 bridgehead atoms. The molecule has 1 aromatic rings. The molecule has 1 heterocycles. The van der Waals surface area contributed by atoms with Crippen LogP contribution < -0.4 is 10.5 Å². The van der Waals surface area contributed by atoms with Gasteiger partial charge in [0.2, 0.25) is 0 Å². The van der Waals surface area contributed by atoms with Crippen molar-refractivity contribution in [2.24, 2.45) is 11.1 Å².